The molecule has 76 valence electrons. The zero-order valence-corrected chi connectivity index (χ0v) is 9.07. The van der Waals surface area contributed by atoms with Crippen LogP contribution in [0, 0.1) is 0 Å². The van der Waals surface area contributed by atoms with Gasteiger partial charge in [-0.05, 0) is 15.9 Å². The summed E-state index contributed by atoms with van der Waals surface area (Å²) in [4.78, 5) is 9.94. The summed E-state index contributed by atoms with van der Waals surface area (Å²) in [5.41, 5.74) is 0. The molecule has 5 nitrogen and oxygen atoms in total. The number of anilines is 1. The van der Waals surface area contributed by atoms with Gasteiger partial charge in [0.1, 0.15) is 4.60 Å². The summed E-state index contributed by atoms with van der Waals surface area (Å²) in [6.07, 6.45) is 1.47. The topological polar surface area (TPSA) is 58.5 Å². The van der Waals surface area contributed by atoms with Crippen molar-refractivity contribution in [1.29, 1.82) is 0 Å². The van der Waals surface area contributed by atoms with Crippen LogP contribution in [0.3, 0.4) is 0 Å². The van der Waals surface area contributed by atoms with Crippen LogP contribution < -0.4 is 4.90 Å². The van der Waals surface area contributed by atoms with Crippen LogP contribution in [-0.2, 0) is 4.74 Å². The lowest BCUT2D eigenvalue weighted by Gasteiger charge is -2.27. The lowest BCUT2D eigenvalue weighted by molar-refractivity contribution is 0.122. The highest BCUT2D eigenvalue weighted by molar-refractivity contribution is 9.10. The van der Waals surface area contributed by atoms with Gasteiger partial charge >= 0.3 is 0 Å². The molecular formula is C8H10BrN3O2. The van der Waals surface area contributed by atoms with Gasteiger partial charge in [0.05, 0.1) is 19.4 Å². The van der Waals surface area contributed by atoms with Gasteiger partial charge in [-0.25, -0.2) is 9.97 Å². The predicted octanol–water partition coefficient (Wildman–Crippen LogP) is 0.781. The van der Waals surface area contributed by atoms with E-state index in [1.165, 1.54) is 6.20 Å². The van der Waals surface area contributed by atoms with Crippen molar-refractivity contribution in [2.24, 2.45) is 0 Å². The number of hydrogen-bond donors (Lipinski definition) is 1. The standard InChI is InChI=1S/C8H10BrN3O2/c9-6-5-10-8(13)7(11-6)12-1-3-14-4-2-12/h5H,1-4H2,(H,10,13). The molecule has 1 aromatic rings. The molecular weight excluding hydrogens is 250 g/mol. The van der Waals surface area contributed by atoms with Crippen LogP contribution in [0.4, 0.5) is 5.82 Å². The summed E-state index contributed by atoms with van der Waals surface area (Å²) in [5, 5.41) is 9.51. The van der Waals surface area contributed by atoms with Crippen LogP contribution in [0.2, 0.25) is 0 Å². The Balaban J connectivity index is 2.24. The Morgan fingerprint density at radius 2 is 2.14 bits per heavy atom. The molecule has 0 amide bonds. The largest absolute Gasteiger partial charge is 0.491 e. The van der Waals surface area contributed by atoms with Crippen LogP contribution in [0.25, 0.3) is 0 Å². The van der Waals surface area contributed by atoms with Crippen molar-refractivity contribution in [3.05, 3.63) is 10.8 Å². The summed E-state index contributed by atoms with van der Waals surface area (Å²) in [7, 11) is 0. The number of nitrogens with zero attached hydrogens (tertiary/aromatic N) is 3. The van der Waals surface area contributed by atoms with E-state index in [1.54, 1.807) is 0 Å². The minimum atomic E-state index is -0.0323. The molecule has 1 aromatic heterocycles. The van der Waals surface area contributed by atoms with Gasteiger partial charge in [-0.2, -0.15) is 0 Å². The zero-order chi connectivity index (χ0) is 9.97. The number of aromatic nitrogens is 2. The molecule has 0 aromatic carbocycles. The number of morpholine rings is 1. The normalized spacial score (nSPS) is 17.1. The molecule has 1 fully saturated rings. The third-order valence-corrected chi connectivity index (χ3v) is 2.40. The highest BCUT2D eigenvalue weighted by atomic mass is 79.9. The molecule has 2 heterocycles. The van der Waals surface area contributed by atoms with Gasteiger partial charge in [-0.3, -0.25) is 0 Å². The van der Waals surface area contributed by atoms with E-state index in [2.05, 4.69) is 25.9 Å². The first-order chi connectivity index (χ1) is 6.77. The summed E-state index contributed by atoms with van der Waals surface area (Å²) in [6, 6.07) is 0. The summed E-state index contributed by atoms with van der Waals surface area (Å²) < 4.78 is 5.83. The number of halogens is 1. The Morgan fingerprint density at radius 1 is 1.43 bits per heavy atom. The molecule has 0 atom stereocenters. The lowest BCUT2D eigenvalue weighted by Crippen LogP contribution is -2.36. The molecule has 0 saturated carbocycles. The summed E-state index contributed by atoms with van der Waals surface area (Å²) in [5.74, 6) is 0.484. The third kappa shape index (κ3) is 1.96. The molecule has 6 heteroatoms. The van der Waals surface area contributed by atoms with E-state index in [0.717, 1.165) is 13.1 Å². The monoisotopic (exact) mass is 259 g/mol. The van der Waals surface area contributed by atoms with E-state index in [4.69, 9.17) is 4.74 Å². The number of hydrogen-bond acceptors (Lipinski definition) is 5. The molecule has 0 unspecified atom stereocenters. The summed E-state index contributed by atoms with van der Waals surface area (Å²) >= 11 is 3.22. The van der Waals surface area contributed by atoms with E-state index >= 15 is 0 Å². The average molecular weight is 260 g/mol. The molecule has 0 bridgehead atoms. The van der Waals surface area contributed by atoms with Crippen molar-refractivity contribution in [3.63, 3.8) is 0 Å². The Kier molecular flexibility index (Phi) is 2.83. The van der Waals surface area contributed by atoms with Crippen LogP contribution in [0.1, 0.15) is 0 Å². The molecule has 0 radical (unpaired) electrons. The minimum absolute atomic E-state index is 0.0323. The number of aromatic hydroxyl groups is 1. The lowest BCUT2D eigenvalue weighted by atomic mass is 10.4. The number of rotatable bonds is 1. The maximum absolute atomic E-state index is 9.51. The quantitative estimate of drug-likeness (QED) is 0.808. The van der Waals surface area contributed by atoms with Gasteiger partial charge in [-0.15, -0.1) is 0 Å². The van der Waals surface area contributed by atoms with Gasteiger partial charge in [0.2, 0.25) is 0 Å². The highest BCUT2D eigenvalue weighted by Crippen LogP contribution is 2.24. The Labute approximate surface area is 89.9 Å². The maximum Gasteiger partial charge on any atom is 0.255 e. The SMILES string of the molecule is Oc1ncc(Br)nc1N1CCOCC1. The average Bonchev–Trinajstić information content (AvgIpc) is 2.23. The Morgan fingerprint density at radius 3 is 2.86 bits per heavy atom. The van der Waals surface area contributed by atoms with E-state index in [9.17, 15) is 5.11 Å². The van der Waals surface area contributed by atoms with Crippen molar-refractivity contribution < 1.29 is 9.84 Å². The van der Waals surface area contributed by atoms with Crippen molar-refractivity contribution >= 4 is 21.7 Å². The van der Waals surface area contributed by atoms with Crippen LogP contribution in [-0.4, -0.2) is 41.4 Å². The van der Waals surface area contributed by atoms with E-state index < -0.39 is 0 Å². The maximum atomic E-state index is 9.51. The van der Waals surface area contributed by atoms with Crippen molar-refractivity contribution in [2.45, 2.75) is 0 Å². The van der Waals surface area contributed by atoms with Gasteiger partial charge < -0.3 is 14.7 Å². The van der Waals surface area contributed by atoms with Crippen molar-refractivity contribution in [1.82, 2.24) is 9.97 Å². The van der Waals surface area contributed by atoms with Crippen molar-refractivity contribution in [3.8, 4) is 5.88 Å². The first-order valence-corrected chi connectivity index (χ1v) is 5.11. The zero-order valence-electron chi connectivity index (χ0n) is 7.48. The molecule has 1 aliphatic heterocycles. The molecule has 14 heavy (non-hydrogen) atoms. The fourth-order valence-corrected chi connectivity index (χ4v) is 1.61. The summed E-state index contributed by atoms with van der Waals surface area (Å²) in [6.45, 7) is 2.79. The Hall–Kier alpha value is -0.880. The minimum Gasteiger partial charge on any atom is -0.491 e. The van der Waals surface area contributed by atoms with Gasteiger partial charge in [-0.1, -0.05) is 0 Å². The van der Waals surface area contributed by atoms with Gasteiger partial charge in [0.25, 0.3) is 5.88 Å². The predicted molar refractivity (Wildman–Crippen MR) is 54.4 cm³/mol. The van der Waals surface area contributed by atoms with Crippen LogP contribution >= 0.6 is 15.9 Å². The first kappa shape index (κ1) is 9.67. The molecule has 2 rings (SSSR count). The molecule has 1 saturated heterocycles. The smallest absolute Gasteiger partial charge is 0.255 e. The third-order valence-electron chi connectivity index (χ3n) is 2.02. The van der Waals surface area contributed by atoms with E-state index in [0.29, 0.717) is 23.6 Å². The second-order valence-electron chi connectivity index (χ2n) is 2.94. The second kappa shape index (κ2) is 4.10. The first-order valence-electron chi connectivity index (χ1n) is 4.31. The fourth-order valence-electron chi connectivity index (χ4n) is 1.34. The molecule has 1 aliphatic rings. The Bertz CT molecular complexity index is 328. The van der Waals surface area contributed by atoms with Crippen LogP contribution in [0.15, 0.2) is 10.8 Å². The highest BCUT2D eigenvalue weighted by Gasteiger charge is 2.17. The molecule has 0 aliphatic carbocycles. The second-order valence-corrected chi connectivity index (χ2v) is 3.75. The molecule has 1 N–H and O–H groups in total. The molecule has 0 spiro atoms. The van der Waals surface area contributed by atoms with Crippen molar-refractivity contribution in [2.75, 3.05) is 31.2 Å². The van der Waals surface area contributed by atoms with Gasteiger partial charge in [0.15, 0.2) is 5.82 Å². The van der Waals surface area contributed by atoms with E-state index in [-0.39, 0.29) is 5.88 Å². The van der Waals surface area contributed by atoms with E-state index in [1.807, 2.05) is 4.90 Å². The van der Waals surface area contributed by atoms with Gasteiger partial charge in [0, 0.05) is 13.1 Å². The number of ether oxygens (including phenoxy) is 1. The van der Waals surface area contributed by atoms with Crippen LogP contribution in [0.5, 0.6) is 5.88 Å². The fraction of sp³-hybridized carbons (Fsp3) is 0.500.